The third-order valence-electron chi connectivity index (χ3n) is 3.57. The van der Waals surface area contributed by atoms with Crippen LogP contribution >= 0.6 is 0 Å². The Morgan fingerprint density at radius 2 is 2.16 bits per heavy atom. The first-order valence-electron chi connectivity index (χ1n) is 7.38. The number of nitrogens with one attached hydrogen (secondary N) is 1. The van der Waals surface area contributed by atoms with Crippen molar-refractivity contribution >= 4 is 5.82 Å². The van der Waals surface area contributed by atoms with E-state index in [-0.39, 0.29) is 6.10 Å². The third kappa shape index (κ3) is 4.48. The molecule has 0 aliphatic carbocycles. The topological polar surface area (TPSA) is 48.4 Å². The van der Waals surface area contributed by atoms with Gasteiger partial charge in [-0.1, -0.05) is 19.4 Å². The SMILES string of the molecule is CCCC(O)CNCc1ccc(N2CCCC2)nc1. The van der Waals surface area contributed by atoms with Gasteiger partial charge in [-0.05, 0) is 30.9 Å². The van der Waals surface area contributed by atoms with Crippen molar-refractivity contribution in [3.8, 4) is 0 Å². The van der Waals surface area contributed by atoms with E-state index in [0.717, 1.165) is 38.3 Å². The normalized spacial score (nSPS) is 16.8. The number of hydrogen-bond donors (Lipinski definition) is 2. The predicted octanol–water partition coefficient (Wildman–Crippen LogP) is 1.93. The van der Waals surface area contributed by atoms with Crippen molar-refractivity contribution in [3.63, 3.8) is 0 Å². The molecule has 1 aromatic rings. The molecule has 106 valence electrons. The van der Waals surface area contributed by atoms with Crippen LogP contribution in [0, 0.1) is 0 Å². The number of anilines is 1. The number of aliphatic hydroxyl groups excluding tert-OH is 1. The van der Waals surface area contributed by atoms with E-state index in [9.17, 15) is 5.11 Å². The smallest absolute Gasteiger partial charge is 0.128 e. The van der Waals surface area contributed by atoms with Crippen LogP contribution in [0.2, 0.25) is 0 Å². The first-order chi connectivity index (χ1) is 9.29. The molecule has 4 nitrogen and oxygen atoms in total. The van der Waals surface area contributed by atoms with Gasteiger partial charge in [0.05, 0.1) is 6.10 Å². The van der Waals surface area contributed by atoms with E-state index in [1.54, 1.807) is 0 Å². The van der Waals surface area contributed by atoms with Crippen molar-refractivity contribution in [1.82, 2.24) is 10.3 Å². The Hall–Kier alpha value is -1.13. The van der Waals surface area contributed by atoms with Gasteiger partial charge < -0.3 is 15.3 Å². The molecule has 0 radical (unpaired) electrons. The summed E-state index contributed by atoms with van der Waals surface area (Å²) in [4.78, 5) is 6.85. The van der Waals surface area contributed by atoms with Gasteiger partial charge in [0.25, 0.3) is 0 Å². The van der Waals surface area contributed by atoms with Crippen LogP contribution in [-0.4, -0.2) is 35.8 Å². The van der Waals surface area contributed by atoms with Crippen LogP contribution in [0.4, 0.5) is 5.82 Å². The molecular weight excluding hydrogens is 238 g/mol. The Labute approximate surface area is 115 Å². The Bertz CT molecular complexity index is 360. The summed E-state index contributed by atoms with van der Waals surface area (Å²) in [6, 6.07) is 4.23. The van der Waals surface area contributed by atoms with E-state index in [1.807, 2.05) is 6.20 Å². The first-order valence-corrected chi connectivity index (χ1v) is 7.38. The average molecular weight is 263 g/mol. The second-order valence-electron chi connectivity index (χ2n) is 5.29. The molecule has 1 unspecified atom stereocenters. The molecule has 2 rings (SSSR count). The molecule has 1 aromatic heterocycles. The minimum absolute atomic E-state index is 0.234. The number of nitrogens with zero attached hydrogens (tertiary/aromatic N) is 2. The van der Waals surface area contributed by atoms with Gasteiger partial charge in [0.1, 0.15) is 5.82 Å². The summed E-state index contributed by atoms with van der Waals surface area (Å²) < 4.78 is 0. The lowest BCUT2D eigenvalue weighted by Crippen LogP contribution is -2.26. The fourth-order valence-electron chi connectivity index (χ4n) is 2.47. The summed E-state index contributed by atoms with van der Waals surface area (Å²) >= 11 is 0. The Balaban J connectivity index is 1.75. The fraction of sp³-hybridized carbons (Fsp3) is 0.667. The largest absolute Gasteiger partial charge is 0.392 e. The highest BCUT2D eigenvalue weighted by Gasteiger charge is 2.12. The molecule has 1 atom stereocenters. The van der Waals surface area contributed by atoms with Gasteiger partial charge in [-0.25, -0.2) is 4.98 Å². The summed E-state index contributed by atoms with van der Waals surface area (Å²) in [6.07, 6.45) is 6.14. The van der Waals surface area contributed by atoms with Gasteiger partial charge in [-0.3, -0.25) is 0 Å². The lowest BCUT2D eigenvalue weighted by molar-refractivity contribution is 0.160. The average Bonchev–Trinajstić information content (AvgIpc) is 2.94. The van der Waals surface area contributed by atoms with Gasteiger partial charge in [0.15, 0.2) is 0 Å². The van der Waals surface area contributed by atoms with Crippen molar-refractivity contribution in [1.29, 1.82) is 0 Å². The van der Waals surface area contributed by atoms with Crippen LogP contribution in [0.3, 0.4) is 0 Å². The maximum Gasteiger partial charge on any atom is 0.128 e. The maximum atomic E-state index is 9.63. The Morgan fingerprint density at radius 3 is 2.79 bits per heavy atom. The molecule has 2 N–H and O–H groups in total. The monoisotopic (exact) mass is 263 g/mol. The molecule has 1 aliphatic rings. The van der Waals surface area contributed by atoms with Gasteiger partial charge in [-0.2, -0.15) is 0 Å². The van der Waals surface area contributed by atoms with E-state index in [1.165, 1.54) is 18.4 Å². The lowest BCUT2D eigenvalue weighted by atomic mass is 10.2. The highest BCUT2D eigenvalue weighted by Crippen LogP contribution is 2.17. The summed E-state index contributed by atoms with van der Waals surface area (Å²) in [7, 11) is 0. The van der Waals surface area contributed by atoms with Crippen LogP contribution in [0.25, 0.3) is 0 Å². The first kappa shape index (κ1) is 14.3. The number of hydrogen-bond acceptors (Lipinski definition) is 4. The zero-order valence-electron chi connectivity index (χ0n) is 11.8. The number of rotatable bonds is 7. The molecule has 1 fully saturated rings. The minimum Gasteiger partial charge on any atom is -0.392 e. The van der Waals surface area contributed by atoms with E-state index in [2.05, 4.69) is 34.3 Å². The van der Waals surface area contributed by atoms with Crippen molar-refractivity contribution in [3.05, 3.63) is 23.9 Å². The highest BCUT2D eigenvalue weighted by molar-refractivity contribution is 5.40. The minimum atomic E-state index is -0.234. The summed E-state index contributed by atoms with van der Waals surface area (Å²) in [6.45, 7) is 5.78. The predicted molar refractivity (Wildman–Crippen MR) is 78.3 cm³/mol. The zero-order chi connectivity index (χ0) is 13.5. The Morgan fingerprint density at radius 1 is 1.37 bits per heavy atom. The van der Waals surface area contributed by atoms with E-state index in [0.29, 0.717) is 6.54 Å². The molecule has 0 amide bonds. The Kier molecular flexibility index (Phi) is 5.61. The molecule has 1 saturated heterocycles. The van der Waals surface area contributed by atoms with Crippen LogP contribution in [-0.2, 0) is 6.54 Å². The van der Waals surface area contributed by atoms with Gasteiger partial charge in [0.2, 0.25) is 0 Å². The van der Waals surface area contributed by atoms with Crippen LogP contribution < -0.4 is 10.2 Å². The second kappa shape index (κ2) is 7.46. The molecule has 1 aliphatic heterocycles. The maximum absolute atomic E-state index is 9.63. The molecular formula is C15H25N3O. The zero-order valence-corrected chi connectivity index (χ0v) is 11.8. The van der Waals surface area contributed by atoms with Crippen molar-refractivity contribution < 1.29 is 5.11 Å². The molecule has 0 saturated carbocycles. The number of pyridine rings is 1. The highest BCUT2D eigenvalue weighted by atomic mass is 16.3. The standard InChI is InChI=1S/C15H25N3O/c1-2-5-14(19)12-16-10-13-6-7-15(17-11-13)18-8-3-4-9-18/h6-7,11,14,16,19H,2-5,8-10,12H2,1H3. The fourth-order valence-corrected chi connectivity index (χ4v) is 2.47. The van der Waals surface area contributed by atoms with E-state index < -0.39 is 0 Å². The lowest BCUT2D eigenvalue weighted by Gasteiger charge is -2.16. The number of aromatic nitrogens is 1. The van der Waals surface area contributed by atoms with Crippen molar-refractivity contribution in [2.24, 2.45) is 0 Å². The quantitative estimate of drug-likeness (QED) is 0.789. The second-order valence-corrected chi connectivity index (χ2v) is 5.29. The molecule has 19 heavy (non-hydrogen) atoms. The summed E-state index contributed by atoms with van der Waals surface area (Å²) in [5.41, 5.74) is 1.17. The van der Waals surface area contributed by atoms with Crippen LogP contribution in [0.1, 0.15) is 38.2 Å². The van der Waals surface area contributed by atoms with Crippen LogP contribution in [0.15, 0.2) is 18.3 Å². The van der Waals surface area contributed by atoms with E-state index >= 15 is 0 Å². The summed E-state index contributed by atoms with van der Waals surface area (Å²) in [5.74, 6) is 1.09. The van der Waals surface area contributed by atoms with Crippen molar-refractivity contribution in [2.75, 3.05) is 24.5 Å². The molecule has 2 heterocycles. The number of aliphatic hydroxyl groups is 1. The van der Waals surface area contributed by atoms with E-state index in [4.69, 9.17) is 0 Å². The molecule has 0 bridgehead atoms. The summed E-state index contributed by atoms with van der Waals surface area (Å²) in [5, 5.41) is 12.9. The molecule has 0 aromatic carbocycles. The molecule has 0 spiro atoms. The van der Waals surface area contributed by atoms with Gasteiger partial charge in [-0.15, -0.1) is 0 Å². The van der Waals surface area contributed by atoms with Crippen LogP contribution in [0.5, 0.6) is 0 Å². The van der Waals surface area contributed by atoms with Crippen molar-refractivity contribution in [2.45, 2.75) is 45.3 Å². The molecule has 4 heteroatoms. The third-order valence-corrected chi connectivity index (χ3v) is 3.57. The van der Waals surface area contributed by atoms with Gasteiger partial charge >= 0.3 is 0 Å². The van der Waals surface area contributed by atoms with Gasteiger partial charge in [0, 0.05) is 32.4 Å².